The lowest BCUT2D eigenvalue weighted by Gasteiger charge is -2.09. The molecule has 0 radical (unpaired) electrons. The summed E-state index contributed by atoms with van der Waals surface area (Å²) in [6.07, 6.45) is 1.05. The van der Waals surface area contributed by atoms with Gasteiger partial charge in [-0.2, -0.15) is 14.6 Å². The summed E-state index contributed by atoms with van der Waals surface area (Å²) in [4.78, 5) is 4.52. The first kappa shape index (κ1) is 17.7. The van der Waals surface area contributed by atoms with Gasteiger partial charge in [0.2, 0.25) is 0 Å². The Bertz CT molecular complexity index is 1090. The lowest BCUT2D eigenvalue weighted by Crippen LogP contribution is -2.29. The molecule has 140 valence electrons. The smallest absolute Gasteiger partial charge is 0.151 e. The van der Waals surface area contributed by atoms with Gasteiger partial charge in [-0.15, -0.1) is 0 Å². The average Bonchev–Trinajstić information content (AvgIpc) is 3.11. The van der Waals surface area contributed by atoms with Crippen LogP contribution in [0.2, 0.25) is 0 Å². The first-order valence-electron chi connectivity index (χ1n) is 8.98. The number of aromatic nitrogens is 6. The third-order valence-electron chi connectivity index (χ3n) is 4.86. The lowest BCUT2D eigenvalue weighted by molar-refractivity contribution is 0.648. The van der Waals surface area contributed by atoms with E-state index < -0.39 is 0 Å². The van der Waals surface area contributed by atoms with Gasteiger partial charge in [-0.25, -0.2) is 9.67 Å². The maximum Gasteiger partial charge on any atom is 0.151 e. The molecule has 3 aromatic heterocycles. The second-order valence-electron chi connectivity index (χ2n) is 6.96. The molecule has 9 heteroatoms. The lowest BCUT2D eigenvalue weighted by atomic mass is 10.2. The van der Waals surface area contributed by atoms with Crippen molar-refractivity contribution in [3.8, 4) is 11.4 Å². The second kappa shape index (κ2) is 6.49. The number of nitrogens with zero attached hydrogens (tertiary/aromatic N) is 6. The van der Waals surface area contributed by atoms with E-state index in [4.69, 9.17) is 15.9 Å². The zero-order chi connectivity index (χ0) is 19.3. The van der Waals surface area contributed by atoms with Gasteiger partial charge >= 0.3 is 0 Å². The van der Waals surface area contributed by atoms with E-state index in [1.165, 1.54) is 16.2 Å². The molecule has 0 amide bonds. The molecule has 0 saturated heterocycles. The van der Waals surface area contributed by atoms with Gasteiger partial charge in [0, 0.05) is 18.4 Å². The first-order chi connectivity index (χ1) is 12.9. The Morgan fingerprint density at radius 1 is 1.26 bits per heavy atom. The molecule has 2 unspecified atom stereocenters. The molecular weight excluding hydrogens is 360 g/mol. The van der Waals surface area contributed by atoms with E-state index in [1.807, 2.05) is 24.6 Å². The maximum absolute atomic E-state index is 8.12. The van der Waals surface area contributed by atoms with Gasteiger partial charge in [0.15, 0.2) is 5.49 Å². The van der Waals surface area contributed by atoms with Gasteiger partial charge in [0.05, 0.1) is 11.4 Å². The van der Waals surface area contributed by atoms with Crippen LogP contribution in [0.1, 0.15) is 54.2 Å². The molecule has 0 spiro atoms. The standard InChI is InChI=1S/C18H22N8S/c1-5-25-16(15-6-9(2)17(20)26(23-15)10(3)19)8-14(22-25)12-7-13(12)18-21-11(4)24-27-18/h6,8,12-13,19-20H,5,7H2,1-4H3. The van der Waals surface area contributed by atoms with Crippen LogP contribution in [0.4, 0.5) is 0 Å². The van der Waals surface area contributed by atoms with Crippen LogP contribution in [0, 0.1) is 24.7 Å². The molecule has 27 heavy (non-hydrogen) atoms. The van der Waals surface area contributed by atoms with Crippen LogP contribution in [0.5, 0.6) is 0 Å². The van der Waals surface area contributed by atoms with Crippen LogP contribution < -0.4 is 5.49 Å². The highest BCUT2D eigenvalue weighted by Gasteiger charge is 2.44. The molecule has 0 aromatic carbocycles. The van der Waals surface area contributed by atoms with E-state index >= 15 is 0 Å². The second-order valence-corrected chi connectivity index (χ2v) is 7.74. The Balaban J connectivity index is 1.71. The molecule has 4 rings (SSSR count). The van der Waals surface area contributed by atoms with Crippen molar-refractivity contribution in [2.45, 2.75) is 52.5 Å². The van der Waals surface area contributed by atoms with Gasteiger partial charge in [0.25, 0.3) is 0 Å². The van der Waals surface area contributed by atoms with Crippen LogP contribution in [0.25, 0.3) is 11.4 Å². The summed E-state index contributed by atoms with van der Waals surface area (Å²) in [7, 11) is 0. The van der Waals surface area contributed by atoms with Crippen molar-refractivity contribution in [2.24, 2.45) is 0 Å². The largest absolute Gasteiger partial charge is 0.287 e. The number of hydrogen-bond acceptors (Lipinski definition) is 7. The molecule has 1 aliphatic carbocycles. The summed E-state index contributed by atoms with van der Waals surface area (Å²) in [5.41, 5.74) is 3.73. The van der Waals surface area contributed by atoms with E-state index in [0.717, 1.165) is 46.4 Å². The highest BCUT2D eigenvalue weighted by molar-refractivity contribution is 7.05. The fourth-order valence-electron chi connectivity index (χ4n) is 3.32. The fourth-order valence-corrected chi connectivity index (χ4v) is 4.15. The molecule has 8 nitrogen and oxygen atoms in total. The summed E-state index contributed by atoms with van der Waals surface area (Å²) < 4.78 is 7.60. The van der Waals surface area contributed by atoms with Crippen molar-refractivity contribution < 1.29 is 0 Å². The predicted octanol–water partition coefficient (Wildman–Crippen LogP) is 2.83. The van der Waals surface area contributed by atoms with Crippen LogP contribution in [-0.4, -0.2) is 34.8 Å². The van der Waals surface area contributed by atoms with Crippen LogP contribution >= 0.6 is 11.5 Å². The summed E-state index contributed by atoms with van der Waals surface area (Å²) >= 11 is 1.48. The topological polar surface area (TPSA) is 109 Å². The molecule has 1 aliphatic rings. The Kier molecular flexibility index (Phi) is 4.26. The Hall–Kier alpha value is -2.68. The van der Waals surface area contributed by atoms with Crippen LogP contribution in [0.15, 0.2) is 12.1 Å². The van der Waals surface area contributed by atoms with Crippen molar-refractivity contribution in [3.63, 3.8) is 0 Å². The van der Waals surface area contributed by atoms with E-state index in [2.05, 4.69) is 27.4 Å². The Labute approximate surface area is 161 Å². The molecular formula is C18H22N8S. The summed E-state index contributed by atoms with van der Waals surface area (Å²) in [5, 5.41) is 26.4. The number of nitrogens with one attached hydrogen (secondary N) is 2. The highest BCUT2D eigenvalue weighted by Crippen LogP contribution is 2.54. The van der Waals surface area contributed by atoms with Crippen molar-refractivity contribution in [2.75, 3.05) is 0 Å². The number of hydrogen-bond donors (Lipinski definition) is 2. The summed E-state index contributed by atoms with van der Waals surface area (Å²) in [6.45, 7) is 8.22. The van der Waals surface area contributed by atoms with E-state index in [9.17, 15) is 0 Å². The van der Waals surface area contributed by atoms with Gasteiger partial charge in [-0.1, -0.05) is 0 Å². The molecule has 1 saturated carbocycles. The third kappa shape index (κ3) is 3.12. The van der Waals surface area contributed by atoms with Crippen LogP contribution in [-0.2, 0) is 6.54 Å². The predicted molar refractivity (Wildman–Crippen MR) is 103 cm³/mol. The molecule has 3 heterocycles. The third-order valence-corrected chi connectivity index (χ3v) is 5.79. The van der Waals surface area contributed by atoms with E-state index in [-0.39, 0.29) is 11.3 Å². The van der Waals surface area contributed by atoms with Gasteiger partial charge in [-0.3, -0.25) is 15.5 Å². The van der Waals surface area contributed by atoms with E-state index in [1.54, 1.807) is 6.92 Å². The van der Waals surface area contributed by atoms with E-state index in [0.29, 0.717) is 11.8 Å². The Morgan fingerprint density at radius 2 is 2.04 bits per heavy atom. The van der Waals surface area contributed by atoms with Crippen molar-refractivity contribution in [3.05, 3.63) is 39.7 Å². The maximum atomic E-state index is 8.12. The molecule has 0 bridgehead atoms. The van der Waals surface area contributed by atoms with Gasteiger partial charge in [-0.05, 0) is 63.3 Å². The zero-order valence-corrected chi connectivity index (χ0v) is 16.6. The SMILES string of the molecule is CCn1nc(C2CC2c2nc(C)ns2)cc1-c1cc(C)c(=N)n(C(C)=N)n1. The summed E-state index contributed by atoms with van der Waals surface area (Å²) in [5.74, 6) is 1.84. The molecule has 3 aromatic rings. The monoisotopic (exact) mass is 382 g/mol. The first-order valence-corrected chi connectivity index (χ1v) is 9.75. The van der Waals surface area contributed by atoms with Gasteiger partial charge in [0.1, 0.15) is 22.4 Å². The minimum atomic E-state index is 0.224. The average molecular weight is 382 g/mol. The number of rotatable bonds is 4. The molecule has 2 atom stereocenters. The van der Waals surface area contributed by atoms with Crippen LogP contribution in [0.3, 0.4) is 0 Å². The normalized spacial score (nSPS) is 18.7. The van der Waals surface area contributed by atoms with Crippen molar-refractivity contribution >= 4 is 17.4 Å². The van der Waals surface area contributed by atoms with Crippen molar-refractivity contribution in [1.29, 1.82) is 10.8 Å². The fraction of sp³-hybridized carbons (Fsp3) is 0.444. The zero-order valence-electron chi connectivity index (χ0n) is 15.8. The van der Waals surface area contributed by atoms with Gasteiger partial charge < -0.3 is 0 Å². The minimum Gasteiger partial charge on any atom is -0.287 e. The molecule has 0 aliphatic heterocycles. The quantitative estimate of drug-likeness (QED) is 0.534. The number of aryl methyl sites for hydroxylation is 3. The molecule has 1 fully saturated rings. The highest BCUT2D eigenvalue weighted by atomic mass is 32.1. The molecule has 2 N–H and O–H groups in total. The minimum absolute atomic E-state index is 0.224. The van der Waals surface area contributed by atoms with Crippen molar-refractivity contribution in [1.82, 2.24) is 28.9 Å². The summed E-state index contributed by atoms with van der Waals surface area (Å²) in [6, 6.07) is 3.99. The Morgan fingerprint density at radius 3 is 2.67 bits per heavy atom.